The number of fused-ring (bicyclic) bond motifs is 1. The first-order chi connectivity index (χ1) is 13.1. The number of nitrogens with zero attached hydrogens (tertiary/aromatic N) is 2. The van der Waals surface area contributed by atoms with Crippen molar-refractivity contribution in [2.45, 2.75) is 25.9 Å². The Labute approximate surface area is 162 Å². The number of hydrogen-bond acceptors (Lipinski definition) is 5. The largest absolute Gasteiger partial charge is 0.497 e. The van der Waals surface area contributed by atoms with Crippen LogP contribution in [0.5, 0.6) is 10.9 Å². The molecule has 0 bridgehead atoms. The number of ether oxygens (including phenoxy) is 2. The lowest BCUT2D eigenvalue weighted by Gasteiger charge is -2.31. The average Bonchev–Trinajstić information content (AvgIpc) is 3.09. The summed E-state index contributed by atoms with van der Waals surface area (Å²) in [5, 5.41) is 0.682. The summed E-state index contributed by atoms with van der Waals surface area (Å²) in [6.45, 7) is 3.41. The van der Waals surface area contributed by atoms with E-state index in [1.54, 1.807) is 18.4 Å². The van der Waals surface area contributed by atoms with Crippen LogP contribution in [0.25, 0.3) is 10.2 Å². The minimum atomic E-state index is 0.0917. The van der Waals surface area contributed by atoms with Crippen molar-refractivity contribution in [2.24, 2.45) is 0 Å². The number of amides is 1. The van der Waals surface area contributed by atoms with Crippen LogP contribution < -0.4 is 9.47 Å². The molecule has 1 amide bonds. The van der Waals surface area contributed by atoms with Gasteiger partial charge in [0.2, 0.25) is 0 Å². The minimum absolute atomic E-state index is 0.0917. The van der Waals surface area contributed by atoms with Crippen molar-refractivity contribution in [3.8, 4) is 10.9 Å². The smallest absolute Gasteiger partial charge is 0.274 e. The third kappa shape index (κ3) is 3.90. The predicted molar refractivity (Wildman–Crippen MR) is 107 cm³/mol. The van der Waals surface area contributed by atoms with Crippen LogP contribution in [0.2, 0.25) is 0 Å². The van der Waals surface area contributed by atoms with E-state index in [9.17, 15) is 4.79 Å². The molecule has 2 aromatic carbocycles. The number of likely N-dealkylation sites (tertiary alicyclic amines) is 1. The maximum atomic E-state index is 12.7. The van der Waals surface area contributed by atoms with Crippen LogP contribution in [0.3, 0.4) is 0 Å². The predicted octanol–water partition coefficient (Wildman–Crippen LogP) is 4.30. The Hall–Kier alpha value is -2.60. The van der Waals surface area contributed by atoms with Crippen LogP contribution >= 0.6 is 11.3 Å². The Morgan fingerprint density at radius 3 is 2.74 bits per heavy atom. The van der Waals surface area contributed by atoms with E-state index in [1.807, 2.05) is 54.3 Å². The highest BCUT2D eigenvalue weighted by atomic mass is 32.1. The van der Waals surface area contributed by atoms with Crippen LogP contribution in [-0.2, 0) is 0 Å². The lowest BCUT2D eigenvalue weighted by atomic mass is 10.1. The van der Waals surface area contributed by atoms with E-state index in [0.717, 1.165) is 39.9 Å². The zero-order valence-corrected chi connectivity index (χ0v) is 16.3. The molecule has 0 aliphatic carbocycles. The van der Waals surface area contributed by atoms with Gasteiger partial charge in [-0.25, -0.2) is 4.98 Å². The van der Waals surface area contributed by atoms with Gasteiger partial charge in [-0.05, 0) is 31.2 Å². The Balaban J connectivity index is 1.37. The summed E-state index contributed by atoms with van der Waals surface area (Å²) in [5.74, 6) is 0.895. The fourth-order valence-electron chi connectivity index (χ4n) is 3.34. The van der Waals surface area contributed by atoms with E-state index in [0.29, 0.717) is 18.3 Å². The number of piperidine rings is 1. The van der Waals surface area contributed by atoms with Gasteiger partial charge in [0.25, 0.3) is 11.1 Å². The quantitative estimate of drug-likeness (QED) is 0.675. The third-order valence-electron chi connectivity index (χ3n) is 4.84. The van der Waals surface area contributed by atoms with Gasteiger partial charge in [0.05, 0.1) is 17.3 Å². The second-order valence-corrected chi connectivity index (χ2v) is 7.79. The number of rotatable bonds is 4. The second kappa shape index (κ2) is 7.56. The van der Waals surface area contributed by atoms with Crippen molar-refractivity contribution in [3.63, 3.8) is 0 Å². The lowest BCUT2D eigenvalue weighted by molar-refractivity contribution is 0.0595. The summed E-state index contributed by atoms with van der Waals surface area (Å²) in [7, 11) is 1.65. The van der Waals surface area contributed by atoms with Crippen LogP contribution in [0, 0.1) is 6.92 Å². The molecule has 140 valence electrons. The van der Waals surface area contributed by atoms with Gasteiger partial charge in [0.15, 0.2) is 0 Å². The van der Waals surface area contributed by atoms with Gasteiger partial charge in [0.1, 0.15) is 11.9 Å². The van der Waals surface area contributed by atoms with Gasteiger partial charge in [-0.2, -0.15) is 0 Å². The molecule has 0 spiro atoms. The van der Waals surface area contributed by atoms with Crippen molar-refractivity contribution >= 4 is 27.5 Å². The molecule has 27 heavy (non-hydrogen) atoms. The second-order valence-electron chi connectivity index (χ2n) is 6.79. The standard InChI is InChI=1S/C21H22N2O3S/c1-14-4-3-5-15(12-14)20(24)23-10-8-16(9-11-23)26-21-22-18-13-17(25-2)6-7-19(18)27-21/h3-7,12-13,16H,8-11H2,1-2H3. The Bertz CT molecular complexity index is 961. The number of carbonyl (C=O) groups is 1. The number of aryl methyl sites for hydroxylation is 1. The molecule has 1 saturated heterocycles. The van der Waals surface area contributed by atoms with E-state index in [2.05, 4.69) is 4.98 Å². The maximum Gasteiger partial charge on any atom is 0.274 e. The van der Waals surface area contributed by atoms with E-state index in [-0.39, 0.29) is 12.0 Å². The van der Waals surface area contributed by atoms with Crippen molar-refractivity contribution in [3.05, 3.63) is 53.6 Å². The summed E-state index contributed by atoms with van der Waals surface area (Å²) in [6, 6.07) is 13.6. The van der Waals surface area contributed by atoms with E-state index in [4.69, 9.17) is 9.47 Å². The van der Waals surface area contributed by atoms with Gasteiger partial charge in [-0.15, -0.1) is 0 Å². The van der Waals surface area contributed by atoms with E-state index in [1.165, 1.54) is 0 Å². The first kappa shape index (κ1) is 17.8. The first-order valence-electron chi connectivity index (χ1n) is 9.09. The first-order valence-corrected chi connectivity index (χ1v) is 9.91. The van der Waals surface area contributed by atoms with Gasteiger partial charge in [0, 0.05) is 37.6 Å². The molecule has 1 fully saturated rings. The van der Waals surface area contributed by atoms with Crippen molar-refractivity contribution < 1.29 is 14.3 Å². The monoisotopic (exact) mass is 382 g/mol. The summed E-state index contributed by atoms with van der Waals surface area (Å²) in [5.41, 5.74) is 2.75. The minimum Gasteiger partial charge on any atom is -0.497 e. The van der Waals surface area contributed by atoms with E-state index >= 15 is 0 Å². The number of aromatic nitrogens is 1. The van der Waals surface area contributed by atoms with Crippen LogP contribution in [0.15, 0.2) is 42.5 Å². The number of hydrogen-bond donors (Lipinski definition) is 0. The highest BCUT2D eigenvalue weighted by Gasteiger charge is 2.25. The molecule has 1 aliphatic rings. The molecule has 0 radical (unpaired) electrons. The molecule has 0 saturated carbocycles. The molecule has 4 rings (SSSR count). The normalized spacial score (nSPS) is 15.1. The van der Waals surface area contributed by atoms with Crippen LogP contribution in [0.1, 0.15) is 28.8 Å². The Morgan fingerprint density at radius 1 is 1.19 bits per heavy atom. The highest BCUT2D eigenvalue weighted by molar-refractivity contribution is 7.20. The Morgan fingerprint density at radius 2 is 2.00 bits per heavy atom. The van der Waals surface area contributed by atoms with Crippen LogP contribution in [-0.4, -0.2) is 42.1 Å². The molecular formula is C21H22N2O3S. The molecular weight excluding hydrogens is 360 g/mol. The molecule has 6 heteroatoms. The molecule has 0 atom stereocenters. The molecule has 1 aliphatic heterocycles. The molecule has 3 aromatic rings. The molecule has 5 nitrogen and oxygen atoms in total. The van der Waals surface area contributed by atoms with Gasteiger partial charge >= 0.3 is 0 Å². The zero-order chi connectivity index (χ0) is 18.8. The summed E-state index contributed by atoms with van der Waals surface area (Å²) in [4.78, 5) is 19.1. The molecule has 0 N–H and O–H groups in total. The number of carbonyl (C=O) groups excluding carboxylic acids is 1. The third-order valence-corrected chi connectivity index (χ3v) is 5.76. The summed E-state index contributed by atoms with van der Waals surface area (Å²) >= 11 is 1.55. The number of benzene rings is 2. The average molecular weight is 382 g/mol. The Kier molecular flexibility index (Phi) is 4.99. The van der Waals surface area contributed by atoms with Crippen molar-refractivity contribution in [1.29, 1.82) is 0 Å². The van der Waals surface area contributed by atoms with Crippen LogP contribution in [0.4, 0.5) is 0 Å². The van der Waals surface area contributed by atoms with Gasteiger partial charge in [-0.1, -0.05) is 29.0 Å². The SMILES string of the molecule is COc1ccc2sc(OC3CCN(C(=O)c4cccc(C)c4)CC3)nc2c1. The molecule has 2 heterocycles. The topological polar surface area (TPSA) is 51.7 Å². The summed E-state index contributed by atoms with van der Waals surface area (Å²) < 4.78 is 12.4. The maximum absolute atomic E-state index is 12.7. The van der Waals surface area contributed by atoms with E-state index < -0.39 is 0 Å². The molecule has 0 unspecified atom stereocenters. The fraction of sp³-hybridized carbons (Fsp3) is 0.333. The zero-order valence-electron chi connectivity index (χ0n) is 15.5. The van der Waals surface area contributed by atoms with Crippen molar-refractivity contribution in [2.75, 3.05) is 20.2 Å². The lowest BCUT2D eigenvalue weighted by Crippen LogP contribution is -2.41. The number of methoxy groups -OCH3 is 1. The van der Waals surface area contributed by atoms with Gasteiger partial charge < -0.3 is 14.4 Å². The van der Waals surface area contributed by atoms with Gasteiger partial charge in [-0.3, -0.25) is 4.79 Å². The fourth-order valence-corrected chi connectivity index (χ4v) is 4.20. The summed E-state index contributed by atoms with van der Waals surface area (Å²) in [6.07, 6.45) is 1.72. The highest BCUT2D eigenvalue weighted by Crippen LogP contribution is 2.32. The number of thiazole rings is 1. The molecule has 1 aromatic heterocycles. The van der Waals surface area contributed by atoms with Crippen molar-refractivity contribution in [1.82, 2.24) is 9.88 Å².